The van der Waals surface area contributed by atoms with Crippen LogP contribution in [0.25, 0.3) is 0 Å². The molecule has 0 bridgehead atoms. The number of rotatable bonds is 8. The first kappa shape index (κ1) is 16.5. The number of aromatic nitrogens is 3. The van der Waals surface area contributed by atoms with Crippen LogP contribution in [0.1, 0.15) is 65.1 Å². The van der Waals surface area contributed by atoms with Gasteiger partial charge in [0.15, 0.2) is 0 Å². The third kappa shape index (κ3) is 5.10. The summed E-state index contributed by atoms with van der Waals surface area (Å²) in [6.45, 7) is 8.80. The highest BCUT2D eigenvalue weighted by Gasteiger charge is 2.25. The molecule has 0 aliphatic heterocycles. The third-order valence-corrected chi connectivity index (χ3v) is 4.51. The van der Waals surface area contributed by atoms with Gasteiger partial charge in [0.2, 0.25) is 0 Å². The van der Waals surface area contributed by atoms with Gasteiger partial charge in [-0.2, -0.15) is 5.10 Å². The molecule has 1 atom stereocenters. The van der Waals surface area contributed by atoms with Gasteiger partial charge in [-0.15, -0.1) is 0 Å². The Morgan fingerprint density at radius 1 is 1.29 bits per heavy atom. The van der Waals surface area contributed by atoms with Crippen molar-refractivity contribution in [1.82, 2.24) is 20.1 Å². The molecule has 1 aromatic heterocycles. The summed E-state index contributed by atoms with van der Waals surface area (Å²) in [5, 5.41) is 8.19. The Labute approximate surface area is 129 Å². The van der Waals surface area contributed by atoms with Gasteiger partial charge in [0.1, 0.15) is 12.2 Å². The molecule has 0 amide bonds. The van der Waals surface area contributed by atoms with Crippen molar-refractivity contribution in [2.75, 3.05) is 6.54 Å². The van der Waals surface area contributed by atoms with Gasteiger partial charge in [0, 0.05) is 19.0 Å². The van der Waals surface area contributed by atoms with Gasteiger partial charge < -0.3 is 5.32 Å². The van der Waals surface area contributed by atoms with Crippen LogP contribution in [-0.4, -0.2) is 27.4 Å². The number of hydrogen-bond donors (Lipinski definition) is 1. The van der Waals surface area contributed by atoms with Gasteiger partial charge >= 0.3 is 0 Å². The second-order valence-corrected chi connectivity index (χ2v) is 6.92. The summed E-state index contributed by atoms with van der Waals surface area (Å²) in [5.74, 6) is 2.58. The smallest absolute Gasteiger partial charge is 0.138 e. The highest BCUT2D eigenvalue weighted by atomic mass is 15.3. The van der Waals surface area contributed by atoms with E-state index in [0.29, 0.717) is 12.0 Å². The maximum atomic E-state index is 4.52. The Morgan fingerprint density at radius 2 is 2.05 bits per heavy atom. The largest absolute Gasteiger partial charge is 0.313 e. The molecule has 0 spiro atoms. The van der Waals surface area contributed by atoms with E-state index in [9.17, 15) is 0 Å². The van der Waals surface area contributed by atoms with Crippen LogP contribution in [0.4, 0.5) is 0 Å². The minimum Gasteiger partial charge on any atom is -0.313 e. The van der Waals surface area contributed by atoms with E-state index < -0.39 is 0 Å². The van der Waals surface area contributed by atoms with Crippen molar-refractivity contribution in [3.63, 3.8) is 0 Å². The zero-order valence-corrected chi connectivity index (χ0v) is 14.0. The van der Waals surface area contributed by atoms with E-state index in [1.807, 2.05) is 0 Å². The molecular weight excluding hydrogens is 260 g/mol. The van der Waals surface area contributed by atoms with Crippen molar-refractivity contribution in [2.45, 2.75) is 78.3 Å². The fourth-order valence-electron chi connectivity index (χ4n) is 3.41. The molecule has 1 aromatic rings. The third-order valence-electron chi connectivity index (χ3n) is 4.51. The fraction of sp³-hybridized carbons (Fsp3) is 0.882. The molecule has 1 N–H and O–H groups in total. The van der Waals surface area contributed by atoms with E-state index in [1.54, 1.807) is 6.33 Å². The molecule has 120 valence electrons. The van der Waals surface area contributed by atoms with Crippen molar-refractivity contribution in [2.24, 2.45) is 11.8 Å². The van der Waals surface area contributed by atoms with Crippen LogP contribution < -0.4 is 5.32 Å². The van der Waals surface area contributed by atoms with Crippen LogP contribution >= 0.6 is 0 Å². The fourth-order valence-corrected chi connectivity index (χ4v) is 3.41. The molecule has 4 nitrogen and oxygen atoms in total. The second kappa shape index (κ2) is 8.52. The maximum Gasteiger partial charge on any atom is 0.138 e. The van der Waals surface area contributed by atoms with Gasteiger partial charge in [-0.25, -0.2) is 9.67 Å². The van der Waals surface area contributed by atoms with E-state index in [0.717, 1.165) is 31.3 Å². The van der Waals surface area contributed by atoms with Gasteiger partial charge in [-0.1, -0.05) is 40.0 Å². The summed E-state index contributed by atoms with van der Waals surface area (Å²) in [6, 6.07) is 0.570. The van der Waals surface area contributed by atoms with Crippen LogP contribution in [0.15, 0.2) is 6.33 Å². The molecule has 4 heteroatoms. The van der Waals surface area contributed by atoms with Gasteiger partial charge in [0.05, 0.1) is 0 Å². The second-order valence-electron chi connectivity index (χ2n) is 6.92. The van der Waals surface area contributed by atoms with Crippen LogP contribution in [-0.2, 0) is 13.0 Å². The Hall–Kier alpha value is -0.900. The molecule has 1 aliphatic rings. The van der Waals surface area contributed by atoms with Gasteiger partial charge in [-0.05, 0) is 37.6 Å². The molecule has 0 saturated heterocycles. The molecule has 2 rings (SSSR count). The van der Waals surface area contributed by atoms with Gasteiger partial charge in [-0.3, -0.25) is 0 Å². The van der Waals surface area contributed by atoms with Crippen LogP contribution in [0.5, 0.6) is 0 Å². The molecule has 1 heterocycles. The van der Waals surface area contributed by atoms with Crippen LogP contribution in [0, 0.1) is 11.8 Å². The predicted molar refractivity (Wildman–Crippen MR) is 87.2 cm³/mol. The number of nitrogens with zero attached hydrogens (tertiary/aromatic N) is 3. The Balaban J connectivity index is 2.01. The van der Waals surface area contributed by atoms with E-state index in [4.69, 9.17) is 0 Å². The highest BCUT2D eigenvalue weighted by molar-refractivity contribution is 4.93. The minimum absolute atomic E-state index is 0.570. The van der Waals surface area contributed by atoms with Crippen LogP contribution in [0.2, 0.25) is 0 Å². The normalized spacial score (nSPS) is 18.3. The highest BCUT2D eigenvalue weighted by Crippen LogP contribution is 2.28. The average molecular weight is 292 g/mol. The van der Waals surface area contributed by atoms with E-state index in [1.165, 1.54) is 38.5 Å². The number of hydrogen-bond acceptors (Lipinski definition) is 3. The summed E-state index contributed by atoms with van der Waals surface area (Å²) in [4.78, 5) is 4.52. The van der Waals surface area contributed by atoms with Crippen molar-refractivity contribution >= 4 is 0 Å². The topological polar surface area (TPSA) is 42.7 Å². The van der Waals surface area contributed by atoms with E-state index in [-0.39, 0.29) is 0 Å². The van der Waals surface area contributed by atoms with Crippen molar-refractivity contribution < 1.29 is 0 Å². The van der Waals surface area contributed by atoms with E-state index >= 15 is 0 Å². The molecule has 0 aromatic carbocycles. The molecule has 1 saturated carbocycles. The molecule has 1 unspecified atom stereocenters. The lowest BCUT2D eigenvalue weighted by Crippen LogP contribution is -2.40. The van der Waals surface area contributed by atoms with E-state index in [2.05, 4.69) is 40.9 Å². The molecular formula is C17H32N4. The Bertz CT molecular complexity index is 393. The zero-order chi connectivity index (χ0) is 15.1. The summed E-state index contributed by atoms with van der Waals surface area (Å²) in [7, 11) is 0. The Kier molecular flexibility index (Phi) is 6.68. The first-order valence-corrected chi connectivity index (χ1v) is 8.80. The summed E-state index contributed by atoms with van der Waals surface area (Å²) in [5.41, 5.74) is 0. The standard InChI is InChI=1S/C17H32N4/c1-4-10-18-16(15-8-6-5-7-9-15)11-17-19-13-20-21(17)12-14(2)3/h13-16,18H,4-12H2,1-3H3. The quantitative estimate of drug-likeness (QED) is 0.798. The Morgan fingerprint density at radius 3 is 2.71 bits per heavy atom. The first-order chi connectivity index (χ1) is 10.2. The molecule has 0 radical (unpaired) electrons. The summed E-state index contributed by atoms with van der Waals surface area (Å²) >= 11 is 0. The lowest BCUT2D eigenvalue weighted by molar-refractivity contribution is 0.262. The molecule has 21 heavy (non-hydrogen) atoms. The zero-order valence-electron chi connectivity index (χ0n) is 14.0. The summed E-state index contributed by atoms with van der Waals surface area (Å²) < 4.78 is 2.11. The van der Waals surface area contributed by atoms with Crippen molar-refractivity contribution in [1.29, 1.82) is 0 Å². The lowest BCUT2D eigenvalue weighted by atomic mass is 9.82. The lowest BCUT2D eigenvalue weighted by Gasteiger charge is -2.31. The maximum absolute atomic E-state index is 4.52. The first-order valence-electron chi connectivity index (χ1n) is 8.80. The van der Waals surface area contributed by atoms with Crippen molar-refractivity contribution in [3.05, 3.63) is 12.2 Å². The number of nitrogens with one attached hydrogen (secondary N) is 1. The van der Waals surface area contributed by atoms with Crippen molar-refractivity contribution in [3.8, 4) is 0 Å². The summed E-state index contributed by atoms with van der Waals surface area (Å²) in [6.07, 6.45) is 10.9. The minimum atomic E-state index is 0.570. The predicted octanol–water partition coefficient (Wildman–Crippen LogP) is 3.43. The average Bonchev–Trinajstić information content (AvgIpc) is 2.90. The SMILES string of the molecule is CCCNC(Cc1ncnn1CC(C)C)C1CCCCC1. The van der Waals surface area contributed by atoms with Crippen LogP contribution in [0.3, 0.4) is 0 Å². The monoisotopic (exact) mass is 292 g/mol. The molecule has 1 aliphatic carbocycles. The molecule has 1 fully saturated rings. The van der Waals surface area contributed by atoms with Gasteiger partial charge in [0.25, 0.3) is 0 Å².